The van der Waals surface area contributed by atoms with Crippen LogP contribution >= 0.6 is 11.8 Å². The minimum atomic E-state index is -1.04. The lowest BCUT2D eigenvalue weighted by Gasteiger charge is -2.11. The SMILES string of the molecule is C[C@H](Sc1nnc(-c2ccco2)n1N)C(=O)Nc1ccc(F)c(F)c1. The summed E-state index contributed by atoms with van der Waals surface area (Å²) in [5.74, 6) is 4.24. The van der Waals surface area contributed by atoms with Crippen LogP contribution in [0.2, 0.25) is 0 Å². The van der Waals surface area contributed by atoms with Crippen LogP contribution in [0.1, 0.15) is 6.92 Å². The molecule has 3 N–H and O–H groups in total. The molecule has 7 nitrogen and oxygen atoms in total. The molecule has 0 spiro atoms. The highest BCUT2D eigenvalue weighted by molar-refractivity contribution is 8.00. The summed E-state index contributed by atoms with van der Waals surface area (Å²) >= 11 is 1.07. The Morgan fingerprint density at radius 2 is 2.12 bits per heavy atom. The number of benzene rings is 1. The topological polar surface area (TPSA) is 99.0 Å². The molecule has 2 heterocycles. The standard InChI is InChI=1S/C15H13F2N5O2S/c1-8(14(23)19-9-4-5-10(16)11(17)7-9)25-15-21-20-13(22(15)18)12-3-2-6-24-12/h2-8H,18H2,1H3,(H,19,23)/t8-/m0/s1. The number of thioether (sulfide) groups is 1. The molecule has 3 rings (SSSR count). The van der Waals surface area contributed by atoms with Crippen LogP contribution < -0.4 is 11.2 Å². The highest BCUT2D eigenvalue weighted by atomic mass is 32.2. The van der Waals surface area contributed by atoms with Gasteiger partial charge in [-0.25, -0.2) is 13.5 Å². The summed E-state index contributed by atoms with van der Waals surface area (Å²) in [6.45, 7) is 1.63. The zero-order valence-corrected chi connectivity index (χ0v) is 13.8. The van der Waals surface area contributed by atoms with Crippen LogP contribution in [0.15, 0.2) is 46.2 Å². The number of carbonyl (C=O) groups excluding carboxylic acids is 1. The van der Waals surface area contributed by atoms with Gasteiger partial charge in [-0.3, -0.25) is 4.79 Å². The van der Waals surface area contributed by atoms with Crippen molar-refractivity contribution in [2.75, 3.05) is 11.2 Å². The second kappa shape index (κ2) is 6.93. The molecule has 0 aliphatic carbocycles. The molecule has 1 aromatic carbocycles. The van der Waals surface area contributed by atoms with Crippen LogP contribution in [-0.4, -0.2) is 26.0 Å². The predicted molar refractivity (Wildman–Crippen MR) is 88.2 cm³/mol. The van der Waals surface area contributed by atoms with E-state index in [9.17, 15) is 13.6 Å². The number of aromatic nitrogens is 3. The molecule has 0 aliphatic rings. The molecule has 0 fully saturated rings. The lowest BCUT2D eigenvalue weighted by atomic mass is 10.3. The highest BCUT2D eigenvalue weighted by Crippen LogP contribution is 2.25. The van der Waals surface area contributed by atoms with Crippen molar-refractivity contribution in [2.24, 2.45) is 0 Å². The third-order valence-electron chi connectivity index (χ3n) is 3.24. The molecular weight excluding hydrogens is 352 g/mol. The molecule has 10 heteroatoms. The summed E-state index contributed by atoms with van der Waals surface area (Å²) in [7, 11) is 0. The van der Waals surface area contributed by atoms with E-state index in [0.29, 0.717) is 16.7 Å². The molecule has 0 unspecified atom stereocenters. The fourth-order valence-electron chi connectivity index (χ4n) is 1.96. The van der Waals surface area contributed by atoms with Gasteiger partial charge in [-0.15, -0.1) is 10.2 Å². The van der Waals surface area contributed by atoms with Gasteiger partial charge < -0.3 is 15.6 Å². The molecule has 25 heavy (non-hydrogen) atoms. The third-order valence-corrected chi connectivity index (χ3v) is 4.30. The first-order chi connectivity index (χ1) is 12.0. The van der Waals surface area contributed by atoms with Gasteiger partial charge in [-0.05, 0) is 31.2 Å². The minimum absolute atomic E-state index is 0.154. The van der Waals surface area contributed by atoms with E-state index in [4.69, 9.17) is 10.3 Å². The summed E-state index contributed by atoms with van der Waals surface area (Å²) in [6, 6.07) is 6.49. The molecular formula is C15H13F2N5O2S. The molecule has 2 aromatic heterocycles. The minimum Gasteiger partial charge on any atom is -0.461 e. The first-order valence-corrected chi connectivity index (χ1v) is 8.00. The molecule has 3 aromatic rings. The molecule has 1 amide bonds. The van der Waals surface area contributed by atoms with E-state index < -0.39 is 22.8 Å². The molecule has 0 aliphatic heterocycles. The lowest BCUT2D eigenvalue weighted by Crippen LogP contribution is -2.23. The van der Waals surface area contributed by atoms with E-state index in [0.717, 1.165) is 23.9 Å². The number of rotatable bonds is 5. The molecule has 0 bridgehead atoms. The monoisotopic (exact) mass is 365 g/mol. The Kier molecular flexibility index (Phi) is 4.70. The van der Waals surface area contributed by atoms with Crippen molar-refractivity contribution in [3.05, 3.63) is 48.2 Å². The Bertz CT molecular complexity index is 897. The summed E-state index contributed by atoms with van der Waals surface area (Å²) in [5.41, 5.74) is 0.154. The van der Waals surface area contributed by atoms with E-state index in [-0.39, 0.29) is 5.69 Å². The van der Waals surface area contributed by atoms with Crippen LogP contribution in [0.5, 0.6) is 0 Å². The van der Waals surface area contributed by atoms with Crippen molar-refractivity contribution >= 4 is 23.4 Å². The number of nitrogens with one attached hydrogen (secondary N) is 1. The van der Waals surface area contributed by atoms with Crippen LogP contribution in [0.3, 0.4) is 0 Å². The quantitative estimate of drug-likeness (QED) is 0.533. The second-order valence-corrected chi connectivity index (χ2v) is 6.34. The Morgan fingerprint density at radius 1 is 1.32 bits per heavy atom. The largest absolute Gasteiger partial charge is 0.461 e. The number of carbonyl (C=O) groups is 1. The van der Waals surface area contributed by atoms with Gasteiger partial charge in [0.05, 0.1) is 11.5 Å². The van der Waals surface area contributed by atoms with Crippen LogP contribution in [0, 0.1) is 11.6 Å². The van der Waals surface area contributed by atoms with Gasteiger partial charge in [0.1, 0.15) is 0 Å². The maximum Gasteiger partial charge on any atom is 0.237 e. The zero-order chi connectivity index (χ0) is 18.0. The Morgan fingerprint density at radius 3 is 2.80 bits per heavy atom. The van der Waals surface area contributed by atoms with Crippen LogP contribution in [-0.2, 0) is 4.79 Å². The van der Waals surface area contributed by atoms with E-state index in [1.165, 1.54) is 17.0 Å². The lowest BCUT2D eigenvalue weighted by molar-refractivity contribution is -0.115. The first-order valence-electron chi connectivity index (χ1n) is 7.12. The number of hydrogen-bond acceptors (Lipinski definition) is 6. The highest BCUT2D eigenvalue weighted by Gasteiger charge is 2.21. The van der Waals surface area contributed by atoms with Crippen LogP contribution in [0.4, 0.5) is 14.5 Å². The average molecular weight is 365 g/mol. The molecule has 0 saturated carbocycles. The molecule has 1 atom stereocenters. The van der Waals surface area contributed by atoms with Gasteiger partial charge in [0, 0.05) is 11.8 Å². The summed E-state index contributed by atoms with van der Waals surface area (Å²) < 4.78 is 32.5. The zero-order valence-electron chi connectivity index (χ0n) is 12.9. The Balaban J connectivity index is 1.68. The van der Waals surface area contributed by atoms with Gasteiger partial charge in [0.2, 0.25) is 16.9 Å². The fourth-order valence-corrected chi connectivity index (χ4v) is 2.73. The number of nitrogens with zero attached hydrogens (tertiary/aromatic N) is 3. The summed E-state index contributed by atoms with van der Waals surface area (Å²) in [5, 5.41) is 10.1. The number of furan rings is 1. The smallest absolute Gasteiger partial charge is 0.237 e. The Hall–Kier alpha value is -2.88. The maximum atomic E-state index is 13.2. The first kappa shape index (κ1) is 17.0. The maximum absolute atomic E-state index is 13.2. The number of nitrogens with two attached hydrogens (primary N) is 1. The van der Waals surface area contributed by atoms with Crippen molar-refractivity contribution in [3.63, 3.8) is 0 Å². The summed E-state index contributed by atoms with van der Waals surface area (Å²) in [4.78, 5) is 12.2. The second-order valence-electron chi connectivity index (χ2n) is 5.03. The molecule has 130 valence electrons. The summed E-state index contributed by atoms with van der Waals surface area (Å²) in [6.07, 6.45) is 1.48. The molecule has 0 saturated heterocycles. The Labute approximate surface area is 145 Å². The fraction of sp³-hybridized carbons (Fsp3) is 0.133. The number of anilines is 1. The van der Waals surface area contributed by atoms with E-state index in [2.05, 4.69) is 15.5 Å². The van der Waals surface area contributed by atoms with Crippen molar-refractivity contribution in [3.8, 4) is 11.6 Å². The van der Waals surface area contributed by atoms with Gasteiger partial charge in [0.25, 0.3) is 0 Å². The van der Waals surface area contributed by atoms with Crippen molar-refractivity contribution in [1.29, 1.82) is 0 Å². The van der Waals surface area contributed by atoms with E-state index in [1.54, 1.807) is 19.1 Å². The third kappa shape index (κ3) is 3.63. The van der Waals surface area contributed by atoms with Gasteiger partial charge in [-0.2, -0.15) is 0 Å². The molecule has 0 radical (unpaired) electrons. The van der Waals surface area contributed by atoms with Gasteiger partial charge in [0.15, 0.2) is 17.4 Å². The van der Waals surface area contributed by atoms with Crippen molar-refractivity contribution < 1.29 is 18.0 Å². The van der Waals surface area contributed by atoms with Crippen molar-refractivity contribution in [1.82, 2.24) is 14.9 Å². The number of nitrogen functional groups attached to an aromatic ring is 1. The number of hydrogen-bond donors (Lipinski definition) is 2. The van der Waals surface area contributed by atoms with E-state index in [1.807, 2.05) is 0 Å². The number of halogens is 2. The van der Waals surface area contributed by atoms with Gasteiger partial charge >= 0.3 is 0 Å². The predicted octanol–water partition coefficient (Wildman–Crippen LogP) is 2.65. The normalized spacial score (nSPS) is 12.1. The average Bonchev–Trinajstić information content (AvgIpc) is 3.21. The number of amides is 1. The van der Waals surface area contributed by atoms with E-state index >= 15 is 0 Å². The van der Waals surface area contributed by atoms with Crippen LogP contribution in [0.25, 0.3) is 11.6 Å². The van der Waals surface area contributed by atoms with Gasteiger partial charge in [-0.1, -0.05) is 11.8 Å². The van der Waals surface area contributed by atoms with Crippen molar-refractivity contribution in [2.45, 2.75) is 17.3 Å².